The van der Waals surface area contributed by atoms with Gasteiger partial charge in [-0.1, -0.05) is 27.6 Å². The number of allylic oxidation sites excluding steroid dienone is 1. The Morgan fingerprint density at radius 2 is 1.23 bits per heavy atom. The predicted molar refractivity (Wildman–Crippen MR) is 265 cm³/mol. The smallest absolute Gasteiger partial charge is 0.870 e. The zero-order chi connectivity index (χ0) is 60.6. The van der Waals surface area contributed by atoms with E-state index in [2.05, 4.69) is 21.7 Å². The molecule has 7 aliphatic carbocycles. The van der Waals surface area contributed by atoms with Crippen molar-refractivity contribution in [2.24, 2.45) is 38.2 Å². The fraction of sp³-hybridized carbons (Fsp3) is 0.667. The van der Waals surface area contributed by atoms with Gasteiger partial charge in [0, 0.05) is 53.2 Å². The number of esters is 3. The first-order valence-corrected chi connectivity index (χ1v) is 26.9. The number of nitrogens with two attached hydrogens (primary N) is 1. The molecule has 0 atom stereocenters. The molecule has 7 fully saturated rings. The van der Waals surface area contributed by atoms with Crippen molar-refractivity contribution in [3.63, 3.8) is 0 Å². The van der Waals surface area contributed by atoms with Crippen LogP contribution in [0.2, 0.25) is 5.02 Å². The Balaban J connectivity index is 0.000000242. The van der Waals surface area contributed by atoms with Crippen LogP contribution in [0, 0.1) is 38.3 Å². The Morgan fingerprint density at radius 1 is 0.793 bits per heavy atom. The van der Waals surface area contributed by atoms with Gasteiger partial charge in [0.05, 0.1) is 65.9 Å². The summed E-state index contributed by atoms with van der Waals surface area (Å²) >= 11 is 5.88. The summed E-state index contributed by atoms with van der Waals surface area (Å²) in [7, 11) is -5.71. The number of nitrogens with one attached hydrogen (secondary N) is 1. The number of rotatable bonds is 10. The van der Waals surface area contributed by atoms with E-state index < -0.39 is 89.5 Å². The minimum atomic E-state index is -6.22. The zero-order valence-corrected chi connectivity index (χ0v) is 49.7. The number of hydrogen-bond donors (Lipinski definition) is 3. The first-order chi connectivity index (χ1) is 36.4. The summed E-state index contributed by atoms with van der Waals surface area (Å²) in [6.07, 6.45) is 2.66. The van der Waals surface area contributed by atoms with Crippen molar-refractivity contribution in [2.45, 2.75) is 154 Å². The molecule has 1 aromatic heterocycles. The van der Waals surface area contributed by atoms with Gasteiger partial charge in [-0.2, -0.15) is 22.3 Å². The molecule has 0 bridgehead atoms. The van der Waals surface area contributed by atoms with Gasteiger partial charge in [-0.05, 0) is 111 Å². The number of fused-ring (bicyclic) bond motifs is 1. The minimum Gasteiger partial charge on any atom is -0.870 e. The topological polar surface area (TPSA) is 274 Å². The minimum absolute atomic E-state index is 0. The van der Waals surface area contributed by atoms with Crippen molar-refractivity contribution in [3.8, 4) is 11.3 Å². The van der Waals surface area contributed by atoms with Crippen molar-refractivity contribution in [1.29, 1.82) is 0 Å². The summed E-state index contributed by atoms with van der Waals surface area (Å²) in [5.74, 6) is -12.9. The number of primary amides is 1. The molecule has 0 radical (unpaired) electrons. The molecule has 8 aliphatic rings. The number of carboxylic acids is 1. The van der Waals surface area contributed by atoms with Crippen LogP contribution < -0.4 is 40.6 Å². The fourth-order valence-electron chi connectivity index (χ4n) is 12.0. The van der Waals surface area contributed by atoms with Crippen LogP contribution in [0.15, 0.2) is 30.4 Å². The number of carbonyl (C=O) groups is 6. The second-order valence-electron chi connectivity index (χ2n) is 23.3. The number of ether oxygens (including phenoxy) is 3. The summed E-state index contributed by atoms with van der Waals surface area (Å²) in [5, 5.41) is 10.8. The molecule has 454 valence electrons. The normalized spacial score (nSPS) is 29.7. The first-order valence-electron chi connectivity index (χ1n) is 25.1. The van der Waals surface area contributed by atoms with E-state index in [0.717, 1.165) is 18.4 Å². The third kappa shape index (κ3) is 13.4. The summed E-state index contributed by atoms with van der Waals surface area (Å²) < 4.78 is 161. The number of carboxylic acid groups (broad SMARTS) is 1. The van der Waals surface area contributed by atoms with Crippen molar-refractivity contribution in [2.75, 3.05) is 26.9 Å². The van der Waals surface area contributed by atoms with Crippen LogP contribution in [-0.4, -0.2) is 125 Å². The van der Waals surface area contributed by atoms with Crippen LogP contribution in [0.1, 0.15) is 128 Å². The number of alkyl halides is 8. The van der Waals surface area contributed by atoms with Crippen LogP contribution >= 0.6 is 11.6 Å². The molecule has 82 heavy (non-hydrogen) atoms. The van der Waals surface area contributed by atoms with Crippen LogP contribution in [0.5, 0.6) is 0 Å². The van der Waals surface area contributed by atoms with Gasteiger partial charge in [-0.15, -0.1) is 0 Å². The number of nitrogens with zero attached hydrogens (tertiary/aromatic N) is 3. The Bertz CT molecular complexity index is 2980. The first kappa shape index (κ1) is 69.8. The number of urea groups is 1. The monoisotopic (exact) mass is 1230 g/mol. The van der Waals surface area contributed by atoms with Crippen LogP contribution in [0.25, 0.3) is 11.3 Å². The van der Waals surface area contributed by atoms with Gasteiger partial charge in [0.25, 0.3) is 23.7 Å². The van der Waals surface area contributed by atoms with Crippen molar-refractivity contribution in [1.82, 2.24) is 20.0 Å². The molecule has 0 saturated heterocycles. The molecule has 3 spiro atoms. The maximum Gasteiger partial charge on any atom is 1.00 e. The molecule has 7 saturated carbocycles. The molecule has 1 aliphatic heterocycles. The molecule has 10 rings (SSSR count). The van der Waals surface area contributed by atoms with Gasteiger partial charge >= 0.3 is 74.9 Å². The Hall–Kier alpha value is -4.71. The van der Waals surface area contributed by atoms with Gasteiger partial charge in [-0.3, -0.25) is 23.9 Å². The summed E-state index contributed by atoms with van der Waals surface area (Å²) in [6.45, 7) is 15.8. The number of carbonyl (C=O) groups excluding carboxylic acids is 5. The molecule has 31 heteroatoms. The Kier molecular flexibility index (Phi) is 19.8. The average Bonchev–Trinajstić information content (AvgIpc) is 4.14. The van der Waals surface area contributed by atoms with Gasteiger partial charge in [0.15, 0.2) is 0 Å². The van der Waals surface area contributed by atoms with E-state index in [1.165, 1.54) is 30.0 Å². The average molecular weight is 1230 g/mol. The molecule has 5 N–H and O–H groups in total. The Morgan fingerprint density at radius 3 is 1.60 bits per heavy atom. The molecule has 2 aromatic rings. The van der Waals surface area contributed by atoms with E-state index in [1.54, 1.807) is 25.5 Å². The predicted octanol–water partition coefficient (Wildman–Crippen LogP) is 6.60. The molecule has 0 unspecified atom stereocenters. The summed E-state index contributed by atoms with van der Waals surface area (Å²) in [6, 6.07) is 3.60. The van der Waals surface area contributed by atoms with E-state index in [0.29, 0.717) is 44.7 Å². The van der Waals surface area contributed by atoms with E-state index in [-0.39, 0.29) is 139 Å². The Labute approximate surface area is 492 Å². The van der Waals surface area contributed by atoms with E-state index in [1.807, 2.05) is 13.8 Å². The van der Waals surface area contributed by atoms with Gasteiger partial charge in [0.1, 0.15) is 11.5 Å². The maximum atomic E-state index is 13.6. The van der Waals surface area contributed by atoms with Crippen LogP contribution in [0.3, 0.4) is 0 Å². The zero-order valence-electron chi connectivity index (χ0n) is 46.1. The van der Waals surface area contributed by atoms with E-state index in [4.69, 9.17) is 31.9 Å². The molecular weight excluding hydrogens is 1170 g/mol. The summed E-state index contributed by atoms with van der Waals surface area (Å²) in [5.41, 5.74) is 2.83. The molecule has 1 aromatic carbocycles. The largest absolute Gasteiger partial charge is 1.00 e. The molecule has 2 heterocycles. The number of methoxy groups -OCH3 is 1. The molecule has 3 amide bonds. The van der Waals surface area contributed by atoms with Gasteiger partial charge < -0.3 is 40.7 Å². The van der Waals surface area contributed by atoms with E-state index >= 15 is 0 Å². The van der Waals surface area contributed by atoms with Crippen molar-refractivity contribution in [3.05, 3.63) is 52.4 Å². The number of aliphatic carboxylic acids is 1. The second kappa shape index (κ2) is 23.3. The number of hydrogen-bond acceptors (Lipinski definition) is 13. The standard InChI is InChI=1S/C21H21ClF3N5O2.C10H14F2O2.C9H14O2.C8H10F2O2.C3H3F3O4S.Na.H2O/c1-19(8-20(9-19)10-21(20,24)25)27-18(32)29-4-5-30-14(7-29)15(17(26)31)16(28-30)11-2-3-13(23)12(22)6-11;1-3-14-7(13)8(2)4-9(5-8)6-10(9,11)12;1-4-11-8(10)9(3)5-7(2)6-9;1-6(5(11)12)2-7(3-6)4-8(7,9)10;1-10-2(7)3(4,5)11(6,8)9;;/h2-3,6H,4-5,7-10H2,1H3,(H2,26,31)(H,27,32);3-6H2,1-2H3;2,4-6H2,1,3H3;2-4H2,1H3,(H,11,12);1H3;;1H2/q;;;;;+1;/p-1. The number of benzene rings is 1. The third-order valence-corrected chi connectivity index (χ3v) is 17.3. The fourth-order valence-corrected chi connectivity index (χ4v) is 12.4. The summed E-state index contributed by atoms with van der Waals surface area (Å²) in [4.78, 5) is 69.7. The van der Waals surface area contributed by atoms with Gasteiger partial charge in [-0.25, -0.2) is 40.3 Å². The number of aromatic nitrogens is 2. The van der Waals surface area contributed by atoms with Crippen molar-refractivity contribution < 1.29 is 135 Å². The molecular formula is C51H63ClF10N5NaO13S. The van der Waals surface area contributed by atoms with Crippen LogP contribution in [0.4, 0.5) is 48.2 Å². The van der Waals surface area contributed by atoms with Crippen molar-refractivity contribution >= 4 is 57.6 Å². The molecule has 18 nitrogen and oxygen atoms in total. The van der Waals surface area contributed by atoms with Crippen LogP contribution in [-0.2, 0) is 56.7 Å². The number of amides is 3. The second-order valence-corrected chi connectivity index (χ2v) is 25.1. The third-order valence-electron chi connectivity index (χ3n) is 16.2. The van der Waals surface area contributed by atoms with E-state index in [9.17, 15) is 80.6 Å². The van der Waals surface area contributed by atoms with Gasteiger partial charge in [0.2, 0.25) is 0 Å². The SMILES string of the molecule is C=C1CC(C)(C(=O)OCC)C1.CC1(C(=O)O)CC2(C1)CC2(F)F.CC1(NC(=O)N2CCn3nc(-c4ccc(F)c(Cl)c4)c(C(N)=O)c3C2)CC2(C1)CC2(F)F.CCOC(=O)C1(C)CC2(C1)CC2(F)F.COC(=O)C(F)(F)S(=O)(=O)F.[Na+].[OH-]. The quantitative estimate of drug-likeness (QED) is 0.0565. The number of halogens is 11. The maximum absolute atomic E-state index is 13.6.